The number of rotatable bonds is 8. The summed E-state index contributed by atoms with van der Waals surface area (Å²) in [4.78, 5) is 12.9. The van der Waals surface area contributed by atoms with Crippen molar-refractivity contribution in [1.82, 2.24) is 4.90 Å². The smallest absolute Gasteiger partial charge is 0.270 e. The van der Waals surface area contributed by atoms with E-state index in [2.05, 4.69) is 32.6 Å². The fourth-order valence-electron chi connectivity index (χ4n) is 2.48. The number of hydrogen-bond acceptors (Lipinski definition) is 4. The van der Waals surface area contributed by atoms with Gasteiger partial charge in [0.25, 0.3) is 5.69 Å². The molecule has 1 aromatic carbocycles. The van der Waals surface area contributed by atoms with E-state index < -0.39 is 0 Å². The van der Waals surface area contributed by atoms with Gasteiger partial charge in [-0.25, -0.2) is 0 Å². The van der Waals surface area contributed by atoms with Crippen LogP contribution in [0.2, 0.25) is 0 Å². The summed E-state index contributed by atoms with van der Waals surface area (Å²) in [5.41, 5.74) is 0.979. The highest BCUT2D eigenvalue weighted by atomic mass is 16.6. The lowest BCUT2D eigenvalue weighted by Crippen LogP contribution is -2.31. The summed E-state index contributed by atoms with van der Waals surface area (Å²) >= 11 is 0. The molecule has 0 spiro atoms. The molecule has 0 radical (unpaired) electrons. The van der Waals surface area contributed by atoms with Crippen molar-refractivity contribution in [2.24, 2.45) is 11.8 Å². The second-order valence-electron chi connectivity index (χ2n) is 6.24. The van der Waals surface area contributed by atoms with Crippen LogP contribution in [-0.2, 0) is 6.54 Å². The van der Waals surface area contributed by atoms with E-state index in [0.29, 0.717) is 24.1 Å². The number of ether oxygens (including phenoxy) is 1. The number of methoxy groups -OCH3 is 1. The van der Waals surface area contributed by atoms with Crippen LogP contribution in [0.15, 0.2) is 18.2 Å². The maximum Gasteiger partial charge on any atom is 0.270 e. The second-order valence-corrected chi connectivity index (χ2v) is 6.24. The molecule has 0 saturated carbocycles. The molecule has 0 atom stereocenters. The number of nitrogens with zero attached hydrogens (tertiary/aromatic N) is 2. The molecule has 0 aliphatic carbocycles. The Morgan fingerprint density at radius 2 is 1.76 bits per heavy atom. The monoisotopic (exact) mass is 294 g/mol. The van der Waals surface area contributed by atoms with Crippen LogP contribution < -0.4 is 4.74 Å². The number of non-ortho nitro benzene ring substituents is 1. The molecule has 0 saturated heterocycles. The summed E-state index contributed by atoms with van der Waals surface area (Å²) in [5, 5.41) is 10.9. The van der Waals surface area contributed by atoms with E-state index in [1.165, 1.54) is 6.07 Å². The van der Waals surface area contributed by atoms with Gasteiger partial charge in [0.2, 0.25) is 0 Å². The molecule has 21 heavy (non-hydrogen) atoms. The maximum atomic E-state index is 10.9. The zero-order chi connectivity index (χ0) is 16.0. The Kier molecular flexibility index (Phi) is 6.62. The first-order valence-corrected chi connectivity index (χ1v) is 7.37. The standard InChI is InChI=1S/C16H26N2O3/c1-12(2)9-17(10-13(3)4)11-14-8-15(18(19)20)6-7-16(14)21-5/h6-8,12-13H,9-11H2,1-5H3. The second kappa shape index (κ2) is 7.98. The molecule has 0 unspecified atom stereocenters. The SMILES string of the molecule is COc1ccc([N+](=O)[O-])cc1CN(CC(C)C)CC(C)C. The fourth-order valence-corrected chi connectivity index (χ4v) is 2.48. The largest absolute Gasteiger partial charge is 0.496 e. The van der Waals surface area contributed by atoms with Gasteiger partial charge >= 0.3 is 0 Å². The molecule has 118 valence electrons. The van der Waals surface area contributed by atoms with Gasteiger partial charge in [-0.05, 0) is 17.9 Å². The van der Waals surface area contributed by atoms with Crippen molar-refractivity contribution in [3.05, 3.63) is 33.9 Å². The Hall–Kier alpha value is -1.62. The summed E-state index contributed by atoms with van der Waals surface area (Å²) in [6.07, 6.45) is 0. The highest BCUT2D eigenvalue weighted by Gasteiger charge is 2.16. The molecule has 0 N–H and O–H groups in total. The molecule has 0 heterocycles. The molecule has 0 aliphatic heterocycles. The molecule has 0 amide bonds. The first kappa shape index (κ1) is 17.4. The Balaban J connectivity index is 2.99. The first-order chi connectivity index (χ1) is 9.83. The van der Waals surface area contributed by atoms with Gasteiger partial charge in [-0.3, -0.25) is 15.0 Å². The van der Waals surface area contributed by atoms with Crippen molar-refractivity contribution in [3.63, 3.8) is 0 Å². The predicted octanol–water partition coefficient (Wildman–Crippen LogP) is 3.72. The van der Waals surface area contributed by atoms with Gasteiger partial charge in [0.15, 0.2) is 0 Å². The van der Waals surface area contributed by atoms with Crippen LogP contribution in [0.5, 0.6) is 5.75 Å². The fraction of sp³-hybridized carbons (Fsp3) is 0.625. The number of nitro benzene ring substituents is 1. The van der Waals surface area contributed by atoms with E-state index in [1.807, 2.05) is 0 Å². The lowest BCUT2D eigenvalue weighted by atomic mass is 10.1. The van der Waals surface area contributed by atoms with Gasteiger partial charge in [0.05, 0.1) is 12.0 Å². The van der Waals surface area contributed by atoms with Gasteiger partial charge in [0, 0.05) is 37.3 Å². The minimum atomic E-state index is -0.363. The van der Waals surface area contributed by atoms with E-state index in [4.69, 9.17) is 4.74 Å². The third-order valence-corrected chi connectivity index (χ3v) is 3.12. The van der Waals surface area contributed by atoms with Crippen molar-refractivity contribution in [1.29, 1.82) is 0 Å². The van der Waals surface area contributed by atoms with E-state index in [0.717, 1.165) is 18.7 Å². The summed E-state index contributed by atoms with van der Waals surface area (Å²) < 4.78 is 5.34. The number of hydrogen-bond donors (Lipinski definition) is 0. The lowest BCUT2D eigenvalue weighted by molar-refractivity contribution is -0.385. The molecule has 0 aliphatic rings. The molecule has 0 fully saturated rings. The van der Waals surface area contributed by atoms with E-state index in [-0.39, 0.29) is 10.6 Å². The van der Waals surface area contributed by atoms with Crippen LogP contribution in [0.4, 0.5) is 5.69 Å². The summed E-state index contributed by atoms with van der Waals surface area (Å²) in [7, 11) is 1.60. The molecule has 5 nitrogen and oxygen atoms in total. The van der Waals surface area contributed by atoms with Gasteiger partial charge in [0.1, 0.15) is 5.75 Å². The minimum absolute atomic E-state index is 0.111. The quantitative estimate of drug-likeness (QED) is 0.541. The van der Waals surface area contributed by atoms with Gasteiger partial charge in [-0.15, -0.1) is 0 Å². The van der Waals surface area contributed by atoms with Crippen LogP contribution in [0, 0.1) is 22.0 Å². The topological polar surface area (TPSA) is 55.6 Å². The normalized spacial score (nSPS) is 11.4. The van der Waals surface area contributed by atoms with Crippen molar-refractivity contribution in [3.8, 4) is 5.75 Å². The van der Waals surface area contributed by atoms with E-state index >= 15 is 0 Å². The average Bonchev–Trinajstić information content (AvgIpc) is 2.36. The van der Waals surface area contributed by atoms with Crippen LogP contribution in [0.1, 0.15) is 33.3 Å². The summed E-state index contributed by atoms with van der Waals surface area (Å²) in [5.74, 6) is 1.81. The predicted molar refractivity (Wildman–Crippen MR) is 84.6 cm³/mol. The summed E-state index contributed by atoms with van der Waals surface area (Å²) in [6, 6.07) is 4.78. The maximum absolute atomic E-state index is 10.9. The first-order valence-electron chi connectivity index (χ1n) is 7.37. The highest BCUT2D eigenvalue weighted by molar-refractivity contribution is 5.43. The average molecular weight is 294 g/mol. The number of nitro groups is 1. The Bertz CT molecular complexity index is 463. The Labute approximate surface area is 127 Å². The zero-order valence-electron chi connectivity index (χ0n) is 13.6. The molecule has 1 aromatic rings. The molecule has 1 rings (SSSR count). The minimum Gasteiger partial charge on any atom is -0.496 e. The summed E-state index contributed by atoms with van der Waals surface area (Å²) in [6.45, 7) is 11.3. The Morgan fingerprint density at radius 3 is 2.19 bits per heavy atom. The lowest BCUT2D eigenvalue weighted by Gasteiger charge is -2.26. The zero-order valence-corrected chi connectivity index (χ0v) is 13.6. The molecule has 0 bridgehead atoms. The van der Waals surface area contributed by atoms with E-state index in [9.17, 15) is 10.1 Å². The van der Waals surface area contributed by atoms with Crippen LogP contribution in [0.3, 0.4) is 0 Å². The molecule has 5 heteroatoms. The van der Waals surface area contributed by atoms with Crippen molar-refractivity contribution < 1.29 is 9.66 Å². The molecular formula is C16H26N2O3. The van der Waals surface area contributed by atoms with Crippen LogP contribution in [-0.4, -0.2) is 30.0 Å². The third-order valence-electron chi connectivity index (χ3n) is 3.12. The molecule has 0 aromatic heterocycles. The Morgan fingerprint density at radius 1 is 1.19 bits per heavy atom. The van der Waals surface area contributed by atoms with Gasteiger partial charge in [-0.2, -0.15) is 0 Å². The molecular weight excluding hydrogens is 268 g/mol. The number of benzene rings is 1. The van der Waals surface area contributed by atoms with Crippen molar-refractivity contribution in [2.45, 2.75) is 34.2 Å². The van der Waals surface area contributed by atoms with Gasteiger partial charge < -0.3 is 4.74 Å². The van der Waals surface area contributed by atoms with Crippen molar-refractivity contribution in [2.75, 3.05) is 20.2 Å². The van der Waals surface area contributed by atoms with Crippen LogP contribution >= 0.6 is 0 Å². The van der Waals surface area contributed by atoms with Crippen molar-refractivity contribution >= 4 is 5.69 Å². The van der Waals surface area contributed by atoms with Gasteiger partial charge in [-0.1, -0.05) is 27.7 Å². The highest BCUT2D eigenvalue weighted by Crippen LogP contribution is 2.25. The van der Waals surface area contributed by atoms with E-state index in [1.54, 1.807) is 19.2 Å². The van der Waals surface area contributed by atoms with Crippen LogP contribution in [0.25, 0.3) is 0 Å². The third kappa shape index (κ3) is 5.71.